The zero-order valence-corrected chi connectivity index (χ0v) is 16.2. The molecule has 0 atom stereocenters. The van der Waals surface area contributed by atoms with Crippen LogP contribution in [0.4, 0.5) is 0 Å². The lowest BCUT2D eigenvalue weighted by Gasteiger charge is -2.43. The van der Waals surface area contributed by atoms with Gasteiger partial charge in [0.1, 0.15) is 17.2 Å². The van der Waals surface area contributed by atoms with Crippen molar-refractivity contribution in [2.45, 2.75) is 58.8 Å². The van der Waals surface area contributed by atoms with Gasteiger partial charge in [-0.2, -0.15) is 0 Å². The van der Waals surface area contributed by atoms with Gasteiger partial charge in [0.15, 0.2) is 0 Å². The molecule has 0 radical (unpaired) electrons. The minimum absolute atomic E-state index is 0.0790. The molecule has 0 saturated heterocycles. The molecule has 3 N–H and O–H groups in total. The van der Waals surface area contributed by atoms with E-state index in [0.717, 1.165) is 47.9 Å². The van der Waals surface area contributed by atoms with E-state index in [4.69, 9.17) is 0 Å². The molecule has 2 aromatic rings. The zero-order valence-electron chi connectivity index (χ0n) is 16.2. The minimum atomic E-state index is -0.285. The topological polar surface area (TPSA) is 60.7 Å². The Morgan fingerprint density at radius 2 is 1.50 bits per heavy atom. The summed E-state index contributed by atoms with van der Waals surface area (Å²) in [6, 6.07) is 9.07. The summed E-state index contributed by atoms with van der Waals surface area (Å²) in [6.07, 6.45) is 4.13. The van der Waals surface area contributed by atoms with Crippen LogP contribution in [0.3, 0.4) is 0 Å². The number of phenolic OH excluding ortho intramolecular Hbond substituents is 3. The summed E-state index contributed by atoms with van der Waals surface area (Å²) < 4.78 is 0. The molecule has 0 aromatic heterocycles. The van der Waals surface area contributed by atoms with E-state index in [0.29, 0.717) is 17.6 Å². The third-order valence-corrected chi connectivity index (χ3v) is 6.37. The normalized spacial score (nSPS) is 23.3. The second-order valence-corrected chi connectivity index (χ2v) is 8.32. The van der Waals surface area contributed by atoms with E-state index in [1.807, 2.05) is 19.9 Å². The van der Waals surface area contributed by atoms with Gasteiger partial charge in [0.25, 0.3) is 0 Å². The van der Waals surface area contributed by atoms with Crippen molar-refractivity contribution in [2.24, 2.45) is 11.8 Å². The molecule has 3 rings (SSSR count). The smallest absolute Gasteiger partial charge is 0.123 e. The molecule has 0 aliphatic heterocycles. The van der Waals surface area contributed by atoms with Crippen molar-refractivity contribution in [3.05, 3.63) is 52.6 Å². The number of aryl methyl sites for hydroxylation is 2. The predicted octanol–water partition coefficient (Wildman–Crippen LogP) is 5.55. The molecular weight excluding hydrogens is 324 g/mol. The van der Waals surface area contributed by atoms with Crippen molar-refractivity contribution in [1.29, 1.82) is 0 Å². The summed E-state index contributed by atoms with van der Waals surface area (Å²) in [5.74, 6) is 1.92. The second kappa shape index (κ2) is 6.86. The van der Waals surface area contributed by atoms with Gasteiger partial charge in [-0.25, -0.2) is 0 Å². The van der Waals surface area contributed by atoms with Crippen LogP contribution in [0.15, 0.2) is 30.3 Å². The van der Waals surface area contributed by atoms with Gasteiger partial charge in [0, 0.05) is 17.0 Å². The summed E-state index contributed by atoms with van der Waals surface area (Å²) in [5, 5.41) is 30.6. The van der Waals surface area contributed by atoms with Crippen molar-refractivity contribution in [3.8, 4) is 17.2 Å². The lowest BCUT2D eigenvalue weighted by molar-refractivity contribution is 0.214. The van der Waals surface area contributed by atoms with Gasteiger partial charge >= 0.3 is 0 Å². The lowest BCUT2D eigenvalue weighted by atomic mass is 9.61. The van der Waals surface area contributed by atoms with E-state index in [2.05, 4.69) is 26.0 Å². The second-order valence-electron chi connectivity index (χ2n) is 8.32. The fourth-order valence-corrected chi connectivity index (χ4v) is 4.67. The van der Waals surface area contributed by atoms with Crippen molar-refractivity contribution >= 4 is 0 Å². The summed E-state index contributed by atoms with van der Waals surface area (Å²) in [6.45, 7) is 8.42. The highest BCUT2D eigenvalue weighted by Crippen LogP contribution is 2.51. The number of aromatic hydroxyl groups is 3. The maximum atomic E-state index is 10.6. The van der Waals surface area contributed by atoms with E-state index in [-0.39, 0.29) is 16.9 Å². The molecule has 1 aliphatic rings. The Kier molecular flexibility index (Phi) is 4.92. The molecule has 2 aromatic carbocycles. The van der Waals surface area contributed by atoms with Gasteiger partial charge in [-0.15, -0.1) is 0 Å². The Balaban J connectivity index is 2.14. The molecule has 1 fully saturated rings. The molecule has 0 unspecified atom stereocenters. The van der Waals surface area contributed by atoms with Crippen molar-refractivity contribution < 1.29 is 15.3 Å². The minimum Gasteiger partial charge on any atom is -0.508 e. The highest BCUT2D eigenvalue weighted by molar-refractivity contribution is 5.53. The molecule has 0 amide bonds. The predicted molar refractivity (Wildman–Crippen MR) is 105 cm³/mol. The third kappa shape index (κ3) is 3.15. The summed E-state index contributed by atoms with van der Waals surface area (Å²) in [7, 11) is 0. The maximum absolute atomic E-state index is 10.6. The average molecular weight is 354 g/mol. The Morgan fingerprint density at radius 1 is 0.923 bits per heavy atom. The highest BCUT2D eigenvalue weighted by Gasteiger charge is 2.41. The SMILES string of the molecule is Cc1cc(C2(c3ccc(O)cc3O)CCC(C(C)C)CC2)cc(C)c1O. The van der Waals surface area contributed by atoms with Crippen LogP contribution in [0.2, 0.25) is 0 Å². The fraction of sp³-hybridized carbons (Fsp3) is 0.478. The highest BCUT2D eigenvalue weighted by atomic mass is 16.3. The Hall–Kier alpha value is -2.16. The van der Waals surface area contributed by atoms with Gasteiger partial charge in [0.2, 0.25) is 0 Å². The number of hydrogen-bond donors (Lipinski definition) is 3. The van der Waals surface area contributed by atoms with Crippen LogP contribution >= 0.6 is 0 Å². The van der Waals surface area contributed by atoms with E-state index < -0.39 is 0 Å². The number of benzene rings is 2. The van der Waals surface area contributed by atoms with E-state index >= 15 is 0 Å². The standard InChI is InChI=1S/C23H30O3/c1-14(2)17-7-9-23(10-8-17,20-6-5-19(24)13-21(20)25)18-11-15(3)22(26)16(4)12-18/h5-6,11-14,17,24-26H,7-10H2,1-4H3. The molecule has 140 valence electrons. The summed E-state index contributed by atoms with van der Waals surface area (Å²) >= 11 is 0. The van der Waals surface area contributed by atoms with Gasteiger partial charge in [-0.05, 0) is 74.1 Å². The van der Waals surface area contributed by atoms with E-state index in [9.17, 15) is 15.3 Å². The molecule has 1 aliphatic carbocycles. The van der Waals surface area contributed by atoms with Crippen molar-refractivity contribution in [1.82, 2.24) is 0 Å². The quantitative estimate of drug-likeness (QED) is 0.677. The first-order chi connectivity index (χ1) is 12.2. The largest absolute Gasteiger partial charge is 0.508 e. The first-order valence-electron chi connectivity index (χ1n) is 9.58. The van der Waals surface area contributed by atoms with E-state index in [1.165, 1.54) is 6.07 Å². The van der Waals surface area contributed by atoms with Gasteiger partial charge in [0.05, 0.1) is 0 Å². The molecule has 0 bridgehead atoms. The monoisotopic (exact) mass is 354 g/mol. The number of phenols is 3. The van der Waals surface area contributed by atoms with Crippen LogP contribution < -0.4 is 0 Å². The zero-order chi connectivity index (χ0) is 19.1. The Morgan fingerprint density at radius 3 is 2.00 bits per heavy atom. The van der Waals surface area contributed by atoms with Crippen LogP contribution in [-0.2, 0) is 5.41 Å². The average Bonchev–Trinajstić information content (AvgIpc) is 2.59. The van der Waals surface area contributed by atoms with Crippen molar-refractivity contribution in [2.75, 3.05) is 0 Å². The molecule has 0 heterocycles. The molecule has 3 heteroatoms. The molecule has 0 spiro atoms. The Labute approximate surface area is 156 Å². The summed E-state index contributed by atoms with van der Waals surface area (Å²) in [5.41, 5.74) is 3.47. The van der Waals surface area contributed by atoms with Crippen LogP contribution in [0, 0.1) is 25.7 Å². The molecular formula is C23H30O3. The number of rotatable bonds is 3. The molecule has 3 nitrogen and oxygen atoms in total. The molecule has 26 heavy (non-hydrogen) atoms. The maximum Gasteiger partial charge on any atom is 0.123 e. The van der Waals surface area contributed by atoms with Crippen LogP contribution in [-0.4, -0.2) is 15.3 Å². The van der Waals surface area contributed by atoms with Crippen LogP contribution in [0.5, 0.6) is 17.2 Å². The third-order valence-electron chi connectivity index (χ3n) is 6.37. The number of hydrogen-bond acceptors (Lipinski definition) is 3. The van der Waals surface area contributed by atoms with Gasteiger partial charge in [-0.3, -0.25) is 0 Å². The van der Waals surface area contributed by atoms with E-state index in [1.54, 1.807) is 6.07 Å². The summed E-state index contributed by atoms with van der Waals surface area (Å²) in [4.78, 5) is 0. The van der Waals surface area contributed by atoms with Crippen LogP contribution in [0.25, 0.3) is 0 Å². The molecule has 1 saturated carbocycles. The fourth-order valence-electron chi connectivity index (χ4n) is 4.67. The Bertz CT molecular complexity index is 776. The first kappa shape index (κ1) is 18.6. The van der Waals surface area contributed by atoms with Gasteiger partial charge < -0.3 is 15.3 Å². The van der Waals surface area contributed by atoms with Crippen LogP contribution in [0.1, 0.15) is 61.8 Å². The van der Waals surface area contributed by atoms with Crippen molar-refractivity contribution in [3.63, 3.8) is 0 Å². The first-order valence-corrected chi connectivity index (χ1v) is 9.58. The lowest BCUT2D eigenvalue weighted by Crippen LogP contribution is -2.34. The van der Waals surface area contributed by atoms with Gasteiger partial charge in [-0.1, -0.05) is 32.0 Å².